The molecule has 3 rings (SSSR count). The second-order valence-corrected chi connectivity index (χ2v) is 8.07. The molecule has 138 valence electrons. The lowest BCUT2D eigenvalue weighted by molar-refractivity contribution is 0.0697. The van der Waals surface area contributed by atoms with E-state index in [0.29, 0.717) is 10.6 Å². The highest BCUT2D eigenvalue weighted by Gasteiger charge is 2.28. The Morgan fingerprint density at radius 1 is 0.889 bits per heavy atom. The first-order valence-corrected chi connectivity index (χ1v) is 9.86. The van der Waals surface area contributed by atoms with E-state index in [0.717, 1.165) is 4.31 Å². The Morgan fingerprint density at radius 3 is 2.11 bits per heavy atom. The molecule has 0 unspecified atom stereocenters. The highest BCUT2D eigenvalue weighted by molar-refractivity contribution is 7.92. The predicted octanol–water partition coefficient (Wildman–Crippen LogP) is 4.43. The van der Waals surface area contributed by atoms with Crippen LogP contribution in [0.2, 0.25) is 5.02 Å². The lowest BCUT2D eigenvalue weighted by atomic mass is 10.1. The molecular weight excluding hydrogens is 386 g/mol. The van der Waals surface area contributed by atoms with Crippen molar-refractivity contribution in [2.75, 3.05) is 4.31 Å². The molecule has 0 fully saturated rings. The van der Waals surface area contributed by atoms with Gasteiger partial charge in [0.1, 0.15) is 0 Å². The fourth-order valence-corrected chi connectivity index (χ4v) is 4.27. The molecule has 0 heterocycles. The molecule has 0 aliphatic rings. The number of benzene rings is 3. The molecule has 0 saturated heterocycles. The molecule has 0 atom stereocenters. The van der Waals surface area contributed by atoms with Crippen molar-refractivity contribution < 1.29 is 18.3 Å². The summed E-state index contributed by atoms with van der Waals surface area (Å²) in [6, 6.07) is 20.7. The molecule has 1 N–H and O–H groups in total. The van der Waals surface area contributed by atoms with E-state index in [-0.39, 0.29) is 22.7 Å². The van der Waals surface area contributed by atoms with Crippen molar-refractivity contribution in [1.29, 1.82) is 0 Å². The minimum absolute atomic E-state index is 0.0291. The molecule has 0 aliphatic carbocycles. The zero-order chi connectivity index (χ0) is 19.4. The van der Waals surface area contributed by atoms with Gasteiger partial charge >= 0.3 is 5.97 Å². The van der Waals surface area contributed by atoms with Crippen LogP contribution >= 0.6 is 11.6 Å². The van der Waals surface area contributed by atoms with Gasteiger partial charge < -0.3 is 5.11 Å². The Hall–Kier alpha value is -2.83. The number of rotatable bonds is 6. The summed E-state index contributed by atoms with van der Waals surface area (Å²) >= 11 is 5.91. The average Bonchev–Trinajstić information content (AvgIpc) is 2.68. The molecule has 3 aromatic rings. The Morgan fingerprint density at radius 2 is 1.48 bits per heavy atom. The van der Waals surface area contributed by atoms with E-state index < -0.39 is 16.0 Å². The van der Waals surface area contributed by atoms with E-state index in [1.165, 1.54) is 24.3 Å². The molecule has 0 radical (unpaired) electrons. The maximum Gasteiger partial charge on any atom is 0.337 e. The van der Waals surface area contributed by atoms with E-state index in [1.807, 2.05) is 0 Å². The normalized spacial score (nSPS) is 11.1. The lowest BCUT2D eigenvalue weighted by Crippen LogP contribution is -2.32. The minimum atomic E-state index is -3.98. The maximum absolute atomic E-state index is 13.3. The van der Waals surface area contributed by atoms with Crippen LogP contribution < -0.4 is 4.31 Å². The molecule has 0 aromatic heterocycles. The van der Waals surface area contributed by atoms with Crippen molar-refractivity contribution in [3.05, 3.63) is 95.0 Å². The van der Waals surface area contributed by atoms with Crippen LogP contribution in [0, 0.1) is 0 Å². The number of halogens is 1. The van der Waals surface area contributed by atoms with Crippen LogP contribution in [0.1, 0.15) is 15.9 Å². The van der Waals surface area contributed by atoms with Gasteiger partial charge in [-0.2, -0.15) is 0 Å². The molecule has 0 spiro atoms. The SMILES string of the molecule is O=C(O)c1ccccc1N(Cc1ccc(Cl)cc1)S(=O)(=O)c1ccccc1. The monoisotopic (exact) mass is 401 g/mol. The van der Waals surface area contributed by atoms with E-state index >= 15 is 0 Å². The van der Waals surface area contributed by atoms with Gasteiger partial charge in [0.05, 0.1) is 22.7 Å². The molecule has 0 aliphatic heterocycles. The minimum Gasteiger partial charge on any atom is -0.478 e. The van der Waals surface area contributed by atoms with Gasteiger partial charge in [-0.1, -0.05) is 54.1 Å². The molecular formula is C20H16ClNO4S. The number of anilines is 1. The third-order valence-corrected chi connectivity index (χ3v) is 6.00. The van der Waals surface area contributed by atoms with Crippen molar-refractivity contribution in [3.8, 4) is 0 Å². The number of carbonyl (C=O) groups is 1. The third kappa shape index (κ3) is 4.13. The molecule has 0 saturated carbocycles. The van der Waals surface area contributed by atoms with Gasteiger partial charge in [-0.15, -0.1) is 0 Å². The van der Waals surface area contributed by atoms with Gasteiger partial charge in [0.15, 0.2) is 0 Å². The number of carboxylic acid groups (broad SMARTS) is 1. The van der Waals surface area contributed by atoms with E-state index in [2.05, 4.69) is 0 Å². The summed E-state index contributed by atoms with van der Waals surface area (Å²) in [7, 11) is -3.98. The van der Waals surface area contributed by atoms with Crippen LogP contribution in [-0.4, -0.2) is 19.5 Å². The number of nitrogens with zero attached hydrogens (tertiary/aromatic N) is 1. The Balaban J connectivity index is 2.15. The molecule has 7 heteroatoms. The molecule has 5 nitrogen and oxygen atoms in total. The van der Waals surface area contributed by atoms with Crippen molar-refractivity contribution in [2.45, 2.75) is 11.4 Å². The van der Waals surface area contributed by atoms with Crippen LogP contribution in [0.15, 0.2) is 83.8 Å². The van der Waals surface area contributed by atoms with Gasteiger partial charge in [0.2, 0.25) is 0 Å². The molecule has 0 amide bonds. The maximum atomic E-state index is 13.3. The number of aromatic carboxylic acids is 1. The first-order chi connectivity index (χ1) is 12.9. The summed E-state index contributed by atoms with van der Waals surface area (Å²) in [4.78, 5) is 11.7. The Bertz CT molecular complexity index is 1050. The second-order valence-electron chi connectivity index (χ2n) is 5.77. The topological polar surface area (TPSA) is 74.7 Å². The first kappa shape index (κ1) is 18.9. The zero-order valence-electron chi connectivity index (χ0n) is 14.1. The van der Waals surface area contributed by atoms with Crippen LogP contribution in [0.3, 0.4) is 0 Å². The lowest BCUT2D eigenvalue weighted by Gasteiger charge is -2.26. The van der Waals surface area contributed by atoms with E-state index in [4.69, 9.17) is 11.6 Å². The highest BCUT2D eigenvalue weighted by atomic mass is 35.5. The third-order valence-electron chi connectivity index (χ3n) is 3.97. The predicted molar refractivity (Wildman–Crippen MR) is 105 cm³/mol. The molecule has 27 heavy (non-hydrogen) atoms. The van der Waals surface area contributed by atoms with Gasteiger partial charge in [-0.3, -0.25) is 4.31 Å². The van der Waals surface area contributed by atoms with Crippen LogP contribution in [0.5, 0.6) is 0 Å². The summed E-state index contributed by atoms with van der Waals surface area (Å²) in [5.41, 5.74) is 0.689. The van der Waals surface area contributed by atoms with E-state index in [9.17, 15) is 18.3 Å². The summed E-state index contributed by atoms with van der Waals surface area (Å²) in [5, 5.41) is 10.0. The van der Waals surface area contributed by atoms with Crippen LogP contribution in [-0.2, 0) is 16.6 Å². The van der Waals surface area contributed by atoms with Crippen molar-refractivity contribution in [3.63, 3.8) is 0 Å². The average molecular weight is 402 g/mol. The fraction of sp³-hybridized carbons (Fsp3) is 0.0500. The Labute approximate surface area is 162 Å². The van der Waals surface area contributed by atoms with Gasteiger partial charge in [0.25, 0.3) is 10.0 Å². The van der Waals surface area contributed by atoms with Gasteiger partial charge in [0, 0.05) is 5.02 Å². The first-order valence-electron chi connectivity index (χ1n) is 8.04. The van der Waals surface area contributed by atoms with Crippen molar-refractivity contribution in [2.24, 2.45) is 0 Å². The fourth-order valence-electron chi connectivity index (χ4n) is 2.65. The Kier molecular flexibility index (Phi) is 5.48. The van der Waals surface area contributed by atoms with Crippen molar-refractivity contribution >= 4 is 33.3 Å². The summed E-state index contributed by atoms with van der Waals surface area (Å²) in [6.45, 7) is -0.0291. The number of carboxylic acids is 1. The number of sulfonamides is 1. The highest BCUT2D eigenvalue weighted by Crippen LogP contribution is 2.29. The van der Waals surface area contributed by atoms with E-state index in [1.54, 1.807) is 54.6 Å². The summed E-state index contributed by atoms with van der Waals surface area (Å²) in [6.07, 6.45) is 0. The number of hydrogen-bond donors (Lipinski definition) is 1. The molecule has 0 bridgehead atoms. The summed E-state index contributed by atoms with van der Waals surface area (Å²) in [5.74, 6) is -1.20. The van der Waals surface area contributed by atoms with Crippen LogP contribution in [0.4, 0.5) is 5.69 Å². The smallest absolute Gasteiger partial charge is 0.337 e. The zero-order valence-corrected chi connectivity index (χ0v) is 15.7. The largest absolute Gasteiger partial charge is 0.478 e. The number of hydrogen-bond acceptors (Lipinski definition) is 3. The van der Waals surface area contributed by atoms with Crippen molar-refractivity contribution in [1.82, 2.24) is 0 Å². The number of para-hydroxylation sites is 1. The summed E-state index contributed by atoms with van der Waals surface area (Å²) < 4.78 is 27.7. The van der Waals surface area contributed by atoms with Gasteiger partial charge in [-0.25, -0.2) is 13.2 Å². The van der Waals surface area contributed by atoms with Crippen LogP contribution in [0.25, 0.3) is 0 Å². The standard InChI is InChI=1S/C20H16ClNO4S/c21-16-12-10-15(11-13-16)14-22(19-9-5-4-8-18(19)20(23)24)27(25,26)17-6-2-1-3-7-17/h1-13H,14H2,(H,23,24). The second kappa shape index (κ2) is 7.82. The molecule has 3 aromatic carbocycles. The quantitative estimate of drug-likeness (QED) is 0.662. The van der Waals surface area contributed by atoms with Gasteiger partial charge in [-0.05, 0) is 42.0 Å².